The quantitative estimate of drug-likeness (QED) is 0.655. The van der Waals surface area contributed by atoms with Crippen LogP contribution in [0.3, 0.4) is 0 Å². The van der Waals surface area contributed by atoms with Crippen molar-refractivity contribution < 1.29 is 13.9 Å². The fraction of sp³-hybridized carbons (Fsp3) is 0.667. The molecule has 1 rings (SSSR count). The Morgan fingerprint density at radius 1 is 1.12 bits per heavy atom. The third-order valence-corrected chi connectivity index (χ3v) is 2.03. The molecule has 1 heterocycles. The van der Waals surface area contributed by atoms with Gasteiger partial charge in [0.2, 0.25) is 0 Å². The van der Waals surface area contributed by atoms with E-state index in [1.807, 2.05) is 19.2 Å². The van der Waals surface area contributed by atoms with Crippen molar-refractivity contribution in [3.8, 4) is 0 Å². The summed E-state index contributed by atoms with van der Waals surface area (Å²) in [4.78, 5) is 0. The number of rotatable bonds is 9. The normalized spacial score (nSPS) is 10.9. The van der Waals surface area contributed by atoms with E-state index in [-0.39, 0.29) is 0 Å². The SMILES string of the molecule is CCCOCCOCc1ccc(CNC)o1. The van der Waals surface area contributed by atoms with Crippen LogP contribution in [-0.4, -0.2) is 26.9 Å². The van der Waals surface area contributed by atoms with E-state index >= 15 is 0 Å². The van der Waals surface area contributed by atoms with Gasteiger partial charge in [-0.05, 0) is 25.6 Å². The largest absolute Gasteiger partial charge is 0.462 e. The monoisotopic (exact) mass is 227 g/mol. The molecule has 0 atom stereocenters. The summed E-state index contributed by atoms with van der Waals surface area (Å²) in [6.07, 6.45) is 1.05. The molecule has 92 valence electrons. The topological polar surface area (TPSA) is 43.6 Å². The van der Waals surface area contributed by atoms with Crippen molar-refractivity contribution in [2.45, 2.75) is 26.5 Å². The summed E-state index contributed by atoms with van der Waals surface area (Å²) in [6.45, 7) is 5.42. The summed E-state index contributed by atoms with van der Waals surface area (Å²) in [6, 6.07) is 3.91. The summed E-state index contributed by atoms with van der Waals surface area (Å²) < 4.78 is 16.2. The molecule has 0 saturated heterocycles. The molecule has 1 N–H and O–H groups in total. The van der Waals surface area contributed by atoms with E-state index in [1.54, 1.807) is 0 Å². The molecule has 0 aliphatic carbocycles. The molecule has 0 aromatic carbocycles. The maximum absolute atomic E-state index is 5.52. The van der Waals surface area contributed by atoms with Crippen molar-refractivity contribution in [1.82, 2.24) is 5.32 Å². The smallest absolute Gasteiger partial charge is 0.129 e. The second kappa shape index (κ2) is 8.33. The van der Waals surface area contributed by atoms with Crippen LogP contribution in [0.4, 0.5) is 0 Å². The first-order valence-electron chi connectivity index (χ1n) is 5.74. The van der Waals surface area contributed by atoms with Crippen LogP contribution in [0.25, 0.3) is 0 Å². The Balaban J connectivity index is 2.07. The lowest BCUT2D eigenvalue weighted by Crippen LogP contribution is -2.05. The van der Waals surface area contributed by atoms with Crippen LogP contribution in [0.5, 0.6) is 0 Å². The second-order valence-electron chi connectivity index (χ2n) is 3.56. The molecule has 1 aromatic heterocycles. The molecule has 0 aliphatic rings. The number of nitrogens with one attached hydrogen (secondary N) is 1. The molecule has 4 nitrogen and oxygen atoms in total. The number of ether oxygens (including phenoxy) is 2. The van der Waals surface area contributed by atoms with Gasteiger partial charge >= 0.3 is 0 Å². The summed E-state index contributed by atoms with van der Waals surface area (Å²) in [5, 5.41) is 3.03. The Kier molecular flexibility index (Phi) is 6.88. The third kappa shape index (κ3) is 5.30. The molecule has 16 heavy (non-hydrogen) atoms. The van der Waals surface area contributed by atoms with Gasteiger partial charge in [0, 0.05) is 6.61 Å². The fourth-order valence-corrected chi connectivity index (χ4v) is 1.31. The van der Waals surface area contributed by atoms with Gasteiger partial charge in [0.05, 0.1) is 19.8 Å². The van der Waals surface area contributed by atoms with Gasteiger partial charge in [-0.2, -0.15) is 0 Å². The van der Waals surface area contributed by atoms with E-state index in [0.717, 1.165) is 31.1 Å². The van der Waals surface area contributed by atoms with Crippen LogP contribution in [0, 0.1) is 0 Å². The Morgan fingerprint density at radius 2 is 1.88 bits per heavy atom. The Bertz CT molecular complexity index is 273. The van der Waals surface area contributed by atoms with Crippen molar-refractivity contribution in [2.24, 2.45) is 0 Å². The zero-order chi connectivity index (χ0) is 11.6. The van der Waals surface area contributed by atoms with Crippen molar-refractivity contribution in [2.75, 3.05) is 26.9 Å². The van der Waals surface area contributed by atoms with Gasteiger partial charge in [0.1, 0.15) is 18.1 Å². The Labute approximate surface area is 96.9 Å². The first-order valence-corrected chi connectivity index (χ1v) is 5.74. The van der Waals surface area contributed by atoms with Crippen LogP contribution in [0.1, 0.15) is 24.9 Å². The van der Waals surface area contributed by atoms with E-state index in [0.29, 0.717) is 19.8 Å². The first-order chi connectivity index (χ1) is 7.86. The molecule has 1 aromatic rings. The van der Waals surface area contributed by atoms with Gasteiger partial charge in [0.25, 0.3) is 0 Å². The minimum Gasteiger partial charge on any atom is -0.462 e. The predicted molar refractivity (Wildman–Crippen MR) is 62.2 cm³/mol. The molecular formula is C12H21NO3. The highest BCUT2D eigenvalue weighted by Gasteiger charge is 2.00. The van der Waals surface area contributed by atoms with Crippen molar-refractivity contribution in [3.63, 3.8) is 0 Å². The zero-order valence-corrected chi connectivity index (χ0v) is 10.1. The molecule has 0 fully saturated rings. The molecule has 0 unspecified atom stereocenters. The number of furan rings is 1. The van der Waals surface area contributed by atoms with Crippen molar-refractivity contribution in [1.29, 1.82) is 0 Å². The minimum absolute atomic E-state index is 0.513. The molecule has 0 spiro atoms. The summed E-state index contributed by atoms with van der Waals surface area (Å²) >= 11 is 0. The average Bonchev–Trinajstić information content (AvgIpc) is 2.72. The van der Waals surface area contributed by atoms with Gasteiger partial charge < -0.3 is 19.2 Å². The Hall–Kier alpha value is -0.840. The highest BCUT2D eigenvalue weighted by molar-refractivity contribution is 5.06. The highest BCUT2D eigenvalue weighted by Crippen LogP contribution is 2.08. The van der Waals surface area contributed by atoms with E-state index < -0.39 is 0 Å². The zero-order valence-electron chi connectivity index (χ0n) is 10.1. The molecule has 0 aliphatic heterocycles. The van der Waals surface area contributed by atoms with E-state index in [9.17, 15) is 0 Å². The molecule has 0 radical (unpaired) electrons. The van der Waals surface area contributed by atoms with Crippen LogP contribution < -0.4 is 5.32 Å². The lowest BCUT2D eigenvalue weighted by atomic mass is 10.4. The lowest BCUT2D eigenvalue weighted by Gasteiger charge is -2.03. The van der Waals surface area contributed by atoms with Gasteiger partial charge in [-0.15, -0.1) is 0 Å². The van der Waals surface area contributed by atoms with Crippen LogP contribution in [0.2, 0.25) is 0 Å². The first kappa shape index (κ1) is 13.2. The minimum atomic E-state index is 0.513. The Morgan fingerprint density at radius 3 is 2.62 bits per heavy atom. The molecule has 4 heteroatoms. The maximum atomic E-state index is 5.52. The number of hydrogen-bond donors (Lipinski definition) is 1. The lowest BCUT2D eigenvalue weighted by molar-refractivity contribution is 0.0347. The summed E-state index contributed by atoms with van der Waals surface area (Å²) in [5.41, 5.74) is 0. The molecule has 0 saturated carbocycles. The fourth-order valence-electron chi connectivity index (χ4n) is 1.31. The van der Waals surface area contributed by atoms with Crippen molar-refractivity contribution in [3.05, 3.63) is 23.7 Å². The van der Waals surface area contributed by atoms with E-state index in [4.69, 9.17) is 13.9 Å². The summed E-state index contributed by atoms with van der Waals surface area (Å²) in [7, 11) is 1.89. The van der Waals surface area contributed by atoms with Crippen LogP contribution >= 0.6 is 0 Å². The molecule has 0 amide bonds. The summed E-state index contributed by atoms with van der Waals surface area (Å²) in [5.74, 6) is 1.80. The van der Waals surface area contributed by atoms with Gasteiger partial charge in [-0.1, -0.05) is 6.92 Å². The van der Waals surface area contributed by atoms with E-state index in [1.165, 1.54) is 0 Å². The van der Waals surface area contributed by atoms with Crippen LogP contribution in [0.15, 0.2) is 16.5 Å². The van der Waals surface area contributed by atoms with Crippen LogP contribution in [-0.2, 0) is 22.6 Å². The molecule has 0 bridgehead atoms. The van der Waals surface area contributed by atoms with E-state index in [2.05, 4.69) is 12.2 Å². The van der Waals surface area contributed by atoms with Gasteiger partial charge in [-0.3, -0.25) is 0 Å². The van der Waals surface area contributed by atoms with Gasteiger partial charge in [0.15, 0.2) is 0 Å². The standard InChI is InChI=1S/C12H21NO3/c1-3-6-14-7-8-15-10-12-5-4-11(16-12)9-13-2/h4-5,13H,3,6-10H2,1-2H3. The highest BCUT2D eigenvalue weighted by atomic mass is 16.5. The predicted octanol–water partition coefficient (Wildman–Crippen LogP) is 1.94. The van der Waals surface area contributed by atoms with Gasteiger partial charge in [-0.25, -0.2) is 0 Å². The second-order valence-corrected chi connectivity index (χ2v) is 3.56. The average molecular weight is 227 g/mol. The maximum Gasteiger partial charge on any atom is 0.129 e. The molecular weight excluding hydrogens is 206 g/mol. The third-order valence-electron chi connectivity index (χ3n) is 2.03. The van der Waals surface area contributed by atoms with Crippen molar-refractivity contribution >= 4 is 0 Å². The number of hydrogen-bond acceptors (Lipinski definition) is 4.